The Balaban J connectivity index is 2.11. The number of hydrogen-bond acceptors (Lipinski definition) is 3. The number of hydrogen-bond donors (Lipinski definition) is 1. The van der Waals surface area contributed by atoms with Gasteiger partial charge in [-0.1, -0.05) is 0 Å². The fourth-order valence-electron chi connectivity index (χ4n) is 1.99. The van der Waals surface area contributed by atoms with Gasteiger partial charge in [-0.05, 0) is 31.2 Å². The molecular weight excluding hydrogens is 214 g/mol. The zero-order chi connectivity index (χ0) is 12.3. The molecule has 1 amide bonds. The van der Waals surface area contributed by atoms with Crippen molar-refractivity contribution in [3.05, 3.63) is 35.4 Å². The van der Waals surface area contributed by atoms with Crippen LogP contribution in [-0.4, -0.2) is 36.5 Å². The van der Waals surface area contributed by atoms with Crippen molar-refractivity contribution < 1.29 is 4.79 Å². The summed E-state index contributed by atoms with van der Waals surface area (Å²) in [6.07, 6.45) is 0. The standard InChI is InChI=1S/C13H15N3O/c1-10-9-16(7-6-15-10)13(17)12-4-2-11(8-14)3-5-12/h2-5,10,15H,6-7,9H2,1H3/t10-/m0/s1. The number of piperazine rings is 1. The molecule has 1 heterocycles. The molecule has 1 aliphatic heterocycles. The van der Waals surface area contributed by atoms with Gasteiger partial charge in [-0.15, -0.1) is 0 Å². The molecule has 4 nitrogen and oxygen atoms in total. The van der Waals surface area contributed by atoms with Crippen LogP contribution < -0.4 is 5.32 Å². The average Bonchev–Trinajstić information content (AvgIpc) is 2.38. The zero-order valence-electron chi connectivity index (χ0n) is 9.81. The lowest BCUT2D eigenvalue weighted by Crippen LogP contribution is -2.51. The van der Waals surface area contributed by atoms with Crippen LogP contribution in [0.4, 0.5) is 0 Å². The highest BCUT2D eigenvalue weighted by Gasteiger charge is 2.21. The van der Waals surface area contributed by atoms with Gasteiger partial charge in [-0.3, -0.25) is 4.79 Å². The molecule has 1 fully saturated rings. The number of benzene rings is 1. The first-order chi connectivity index (χ1) is 8.20. The van der Waals surface area contributed by atoms with Crippen LogP contribution in [0, 0.1) is 11.3 Å². The van der Waals surface area contributed by atoms with Crippen LogP contribution in [-0.2, 0) is 0 Å². The van der Waals surface area contributed by atoms with Crippen molar-refractivity contribution in [1.29, 1.82) is 5.26 Å². The van der Waals surface area contributed by atoms with Gasteiger partial charge in [0.25, 0.3) is 5.91 Å². The number of amides is 1. The summed E-state index contributed by atoms with van der Waals surface area (Å²) in [6, 6.07) is 9.17. The Morgan fingerprint density at radius 3 is 2.76 bits per heavy atom. The van der Waals surface area contributed by atoms with Gasteiger partial charge >= 0.3 is 0 Å². The van der Waals surface area contributed by atoms with Gasteiger partial charge in [-0.25, -0.2) is 0 Å². The second-order valence-electron chi connectivity index (χ2n) is 4.30. The molecule has 0 bridgehead atoms. The molecule has 0 unspecified atom stereocenters. The predicted octanol–water partition coefficient (Wildman–Crippen LogP) is 0.992. The van der Waals surface area contributed by atoms with Gasteiger partial charge in [0.1, 0.15) is 0 Å². The summed E-state index contributed by atoms with van der Waals surface area (Å²) in [7, 11) is 0. The van der Waals surface area contributed by atoms with Crippen molar-refractivity contribution in [2.45, 2.75) is 13.0 Å². The van der Waals surface area contributed by atoms with Crippen LogP contribution in [0.25, 0.3) is 0 Å². The van der Waals surface area contributed by atoms with E-state index in [2.05, 4.69) is 12.2 Å². The van der Waals surface area contributed by atoms with E-state index in [1.165, 1.54) is 0 Å². The largest absolute Gasteiger partial charge is 0.336 e. The highest BCUT2D eigenvalue weighted by Crippen LogP contribution is 2.09. The molecule has 1 aromatic rings. The van der Waals surface area contributed by atoms with Gasteiger partial charge in [0.2, 0.25) is 0 Å². The lowest BCUT2D eigenvalue weighted by Gasteiger charge is -2.31. The summed E-state index contributed by atoms with van der Waals surface area (Å²) in [5.74, 6) is 0.0443. The molecule has 4 heteroatoms. The first-order valence-electron chi connectivity index (χ1n) is 5.73. The number of nitrogens with zero attached hydrogens (tertiary/aromatic N) is 2. The van der Waals surface area contributed by atoms with Gasteiger partial charge in [-0.2, -0.15) is 5.26 Å². The Morgan fingerprint density at radius 2 is 2.18 bits per heavy atom. The summed E-state index contributed by atoms with van der Waals surface area (Å²) in [6.45, 7) is 4.38. The maximum atomic E-state index is 12.2. The van der Waals surface area contributed by atoms with Crippen molar-refractivity contribution in [2.24, 2.45) is 0 Å². The SMILES string of the molecule is C[C@H]1CN(C(=O)c2ccc(C#N)cc2)CCN1. The summed E-state index contributed by atoms with van der Waals surface area (Å²) in [4.78, 5) is 14.0. The molecule has 1 aromatic carbocycles. The Bertz CT molecular complexity index is 447. The minimum atomic E-state index is 0.0443. The smallest absolute Gasteiger partial charge is 0.253 e. The molecule has 0 radical (unpaired) electrons. The molecule has 88 valence electrons. The molecule has 0 spiro atoms. The van der Waals surface area contributed by atoms with E-state index in [-0.39, 0.29) is 5.91 Å². The van der Waals surface area contributed by atoms with E-state index in [9.17, 15) is 4.79 Å². The van der Waals surface area contributed by atoms with Crippen LogP contribution in [0.3, 0.4) is 0 Å². The second kappa shape index (κ2) is 4.98. The average molecular weight is 229 g/mol. The van der Waals surface area contributed by atoms with E-state index in [4.69, 9.17) is 5.26 Å². The normalized spacial score (nSPS) is 19.8. The Kier molecular flexibility index (Phi) is 3.40. The highest BCUT2D eigenvalue weighted by atomic mass is 16.2. The lowest BCUT2D eigenvalue weighted by atomic mass is 10.1. The van der Waals surface area contributed by atoms with Crippen molar-refractivity contribution in [1.82, 2.24) is 10.2 Å². The van der Waals surface area contributed by atoms with Crippen LogP contribution in [0.5, 0.6) is 0 Å². The molecule has 17 heavy (non-hydrogen) atoms. The maximum Gasteiger partial charge on any atom is 0.253 e. The summed E-state index contributed by atoms with van der Waals surface area (Å²) in [5.41, 5.74) is 1.23. The summed E-state index contributed by atoms with van der Waals surface area (Å²) < 4.78 is 0. The van der Waals surface area contributed by atoms with Gasteiger partial charge in [0.15, 0.2) is 0 Å². The Labute approximate surface area is 101 Å². The molecule has 2 rings (SSSR count). The van der Waals surface area contributed by atoms with Gasteiger partial charge < -0.3 is 10.2 Å². The van der Waals surface area contributed by atoms with Crippen molar-refractivity contribution in [3.63, 3.8) is 0 Å². The van der Waals surface area contributed by atoms with Gasteiger partial charge in [0.05, 0.1) is 11.6 Å². The fourth-order valence-corrected chi connectivity index (χ4v) is 1.99. The van der Waals surface area contributed by atoms with E-state index in [1.54, 1.807) is 24.3 Å². The highest BCUT2D eigenvalue weighted by molar-refractivity contribution is 5.94. The molecule has 0 aliphatic carbocycles. The number of nitriles is 1. The van der Waals surface area contributed by atoms with Gasteiger partial charge in [0, 0.05) is 31.2 Å². The van der Waals surface area contributed by atoms with E-state index in [0.29, 0.717) is 17.2 Å². The van der Waals surface area contributed by atoms with Crippen molar-refractivity contribution >= 4 is 5.91 Å². The third-order valence-corrected chi connectivity index (χ3v) is 2.92. The lowest BCUT2D eigenvalue weighted by molar-refractivity contribution is 0.0709. The van der Waals surface area contributed by atoms with Crippen LogP contribution in [0.1, 0.15) is 22.8 Å². The van der Waals surface area contributed by atoms with Crippen molar-refractivity contribution in [3.8, 4) is 6.07 Å². The molecule has 1 saturated heterocycles. The molecule has 0 aromatic heterocycles. The van der Waals surface area contributed by atoms with E-state index >= 15 is 0 Å². The first-order valence-corrected chi connectivity index (χ1v) is 5.73. The summed E-state index contributed by atoms with van der Waals surface area (Å²) >= 11 is 0. The number of rotatable bonds is 1. The quantitative estimate of drug-likeness (QED) is 0.781. The maximum absolute atomic E-state index is 12.2. The molecule has 1 N–H and O–H groups in total. The van der Waals surface area contributed by atoms with Crippen LogP contribution in [0.2, 0.25) is 0 Å². The third kappa shape index (κ3) is 2.63. The van der Waals surface area contributed by atoms with E-state index in [0.717, 1.165) is 19.6 Å². The fraction of sp³-hybridized carbons (Fsp3) is 0.385. The third-order valence-electron chi connectivity index (χ3n) is 2.92. The zero-order valence-corrected chi connectivity index (χ0v) is 9.81. The predicted molar refractivity (Wildman–Crippen MR) is 64.5 cm³/mol. The van der Waals surface area contributed by atoms with E-state index < -0.39 is 0 Å². The number of carbonyl (C=O) groups excluding carboxylic acids is 1. The van der Waals surface area contributed by atoms with Crippen molar-refractivity contribution in [2.75, 3.05) is 19.6 Å². The molecule has 0 saturated carbocycles. The van der Waals surface area contributed by atoms with Crippen LogP contribution >= 0.6 is 0 Å². The second-order valence-corrected chi connectivity index (χ2v) is 4.30. The van der Waals surface area contributed by atoms with Crippen LogP contribution in [0.15, 0.2) is 24.3 Å². The first kappa shape index (κ1) is 11.6. The topological polar surface area (TPSA) is 56.1 Å². The minimum absolute atomic E-state index is 0.0443. The Morgan fingerprint density at radius 1 is 1.47 bits per heavy atom. The van der Waals surface area contributed by atoms with E-state index in [1.807, 2.05) is 11.0 Å². The number of nitrogens with one attached hydrogen (secondary N) is 1. The summed E-state index contributed by atoms with van der Waals surface area (Å²) in [5, 5.41) is 12.0. The monoisotopic (exact) mass is 229 g/mol. The minimum Gasteiger partial charge on any atom is -0.336 e. The molecular formula is C13H15N3O. The number of carbonyl (C=O) groups is 1. The molecule has 1 aliphatic rings. The molecule has 1 atom stereocenters. The Hall–Kier alpha value is -1.86.